The molecule has 3 rings (SSSR count). The van der Waals surface area contributed by atoms with E-state index in [0.717, 1.165) is 18.4 Å². The Morgan fingerprint density at radius 2 is 2.33 bits per heavy atom. The molecule has 3 aliphatic rings. The van der Waals surface area contributed by atoms with Crippen molar-refractivity contribution < 1.29 is 9.84 Å². The number of fused-ring (bicyclic) bond motifs is 1. The Bertz CT molecular complexity index is 251. The first-order valence-corrected chi connectivity index (χ1v) is 4.83. The number of ether oxygens (including phenoxy) is 1. The molecule has 2 aliphatic carbocycles. The van der Waals surface area contributed by atoms with E-state index in [-0.39, 0.29) is 6.10 Å². The van der Waals surface area contributed by atoms with Gasteiger partial charge in [0.15, 0.2) is 6.10 Å². The highest BCUT2D eigenvalue weighted by Gasteiger charge is 2.52. The summed E-state index contributed by atoms with van der Waals surface area (Å²) in [5, 5.41) is 7.77. The van der Waals surface area contributed by atoms with Crippen molar-refractivity contribution in [2.75, 3.05) is 6.61 Å². The van der Waals surface area contributed by atoms with E-state index in [0.29, 0.717) is 6.10 Å². The zero-order chi connectivity index (χ0) is 8.29. The Balaban J connectivity index is 1.93. The molecule has 12 heavy (non-hydrogen) atoms. The average Bonchev–Trinajstić information content (AvgIpc) is 2.88. The second-order valence-electron chi connectivity index (χ2n) is 4.33. The summed E-state index contributed by atoms with van der Waals surface area (Å²) in [6.45, 7) is 2.92. The highest BCUT2D eigenvalue weighted by Crippen LogP contribution is 2.57. The minimum absolute atomic E-state index is 0.0155. The summed E-state index contributed by atoms with van der Waals surface area (Å²) in [7, 11) is 0. The zero-order valence-electron chi connectivity index (χ0n) is 7.34. The summed E-state index contributed by atoms with van der Waals surface area (Å²) >= 11 is 0. The quantitative estimate of drug-likeness (QED) is 0.341. The fourth-order valence-electron chi connectivity index (χ4n) is 2.66. The van der Waals surface area contributed by atoms with Crippen LogP contribution in [0, 0.1) is 11.8 Å². The maximum absolute atomic E-state index is 7.77. The average molecular weight is 167 g/mol. The monoisotopic (exact) mass is 167 g/mol. The largest absolute Gasteiger partial charge is 0.440 e. The molecule has 2 heteroatoms. The lowest BCUT2D eigenvalue weighted by Gasteiger charge is -2.07. The predicted molar refractivity (Wildman–Crippen MR) is 46.1 cm³/mol. The molecule has 66 valence electrons. The van der Waals surface area contributed by atoms with Gasteiger partial charge in [-0.25, -0.2) is 0 Å². The second-order valence-corrected chi connectivity index (χ2v) is 4.33. The Kier molecular flexibility index (Phi) is 1.25. The van der Waals surface area contributed by atoms with Crippen LogP contribution in [0.1, 0.15) is 19.8 Å². The first kappa shape index (κ1) is 7.10. The van der Waals surface area contributed by atoms with E-state index in [2.05, 4.69) is 0 Å². The van der Waals surface area contributed by atoms with Crippen molar-refractivity contribution >= 4 is 0 Å². The van der Waals surface area contributed by atoms with Crippen LogP contribution in [0.4, 0.5) is 0 Å². The molecule has 2 nitrogen and oxygen atoms in total. The maximum atomic E-state index is 7.77. The molecule has 1 saturated carbocycles. The summed E-state index contributed by atoms with van der Waals surface area (Å²) in [5.74, 6) is 1.70. The third kappa shape index (κ3) is 0.882. The molecule has 0 radical (unpaired) electrons. The van der Waals surface area contributed by atoms with Crippen LogP contribution in [0.3, 0.4) is 0 Å². The van der Waals surface area contributed by atoms with Crippen LogP contribution in [0.15, 0.2) is 11.1 Å². The van der Waals surface area contributed by atoms with Crippen LogP contribution in [0.25, 0.3) is 0 Å². The van der Waals surface area contributed by atoms with Crippen molar-refractivity contribution in [3.8, 4) is 0 Å². The Hall–Kier alpha value is -0.340. The highest BCUT2D eigenvalue weighted by atomic mass is 16.6. The minimum Gasteiger partial charge on any atom is -0.440 e. The Labute approximate surface area is 72.2 Å². The first-order valence-electron chi connectivity index (χ1n) is 4.83. The van der Waals surface area contributed by atoms with Gasteiger partial charge in [-0.05, 0) is 30.3 Å². The van der Waals surface area contributed by atoms with Crippen LogP contribution >= 0.6 is 0 Å². The third-order valence-corrected chi connectivity index (χ3v) is 3.36. The molecular formula is C10H15O2+. The third-order valence-electron chi connectivity index (χ3n) is 3.36. The van der Waals surface area contributed by atoms with Crippen molar-refractivity contribution in [1.29, 1.82) is 0 Å². The summed E-state index contributed by atoms with van der Waals surface area (Å²) in [5.41, 5.74) is 2.93. The van der Waals surface area contributed by atoms with Crippen molar-refractivity contribution in [2.24, 2.45) is 11.8 Å². The number of hydrogen-bond donors (Lipinski definition) is 0. The van der Waals surface area contributed by atoms with E-state index in [1.54, 1.807) is 0 Å². The predicted octanol–water partition coefficient (Wildman–Crippen LogP) is 0.835. The molecule has 4 unspecified atom stereocenters. The summed E-state index contributed by atoms with van der Waals surface area (Å²) < 4.78 is 5.30. The summed E-state index contributed by atoms with van der Waals surface area (Å²) in [6.07, 6.45) is 3.05. The summed E-state index contributed by atoms with van der Waals surface area (Å²) in [4.78, 5) is 0. The normalized spacial score (nSPS) is 46.0. The molecule has 0 aromatic heterocycles. The van der Waals surface area contributed by atoms with Gasteiger partial charge in [0.1, 0.15) is 6.10 Å². The van der Waals surface area contributed by atoms with Crippen LogP contribution in [0.2, 0.25) is 0 Å². The van der Waals surface area contributed by atoms with E-state index in [1.165, 1.54) is 24.0 Å². The Morgan fingerprint density at radius 3 is 2.92 bits per heavy atom. The van der Waals surface area contributed by atoms with Crippen molar-refractivity contribution in [3.63, 3.8) is 0 Å². The standard InChI is InChI=1S/C10H14O2/c1-5(11)10-7-2-6(7)3-8(10)9-4-12-9/h5-7,9,11H,2-4H2,1H3/p+1. The lowest BCUT2D eigenvalue weighted by Crippen LogP contribution is -2.09. The van der Waals surface area contributed by atoms with E-state index >= 15 is 0 Å². The molecule has 1 aliphatic heterocycles. The second kappa shape index (κ2) is 2.12. The van der Waals surface area contributed by atoms with Gasteiger partial charge in [-0.1, -0.05) is 0 Å². The maximum Gasteiger partial charge on any atom is 0.173 e. The van der Waals surface area contributed by atoms with Crippen LogP contribution in [-0.4, -0.2) is 23.9 Å². The minimum atomic E-state index is 0.0155. The van der Waals surface area contributed by atoms with E-state index in [9.17, 15) is 0 Å². The number of rotatable bonds is 2. The van der Waals surface area contributed by atoms with Crippen LogP contribution < -0.4 is 0 Å². The van der Waals surface area contributed by atoms with Gasteiger partial charge in [-0.3, -0.25) is 0 Å². The van der Waals surface area contributed by atoms with E-state index < -0.39 is 0 Å². The van der Waals surface area contributed by atoms with Gasteiger partial charge in [-0.15, -0.1) is 0 Å². The Morgan fingerprint density at radius 1 is 1.58 bits per heavy atom. The lowest BCUT2D eigenvalue weighted by molar-refractivity contribution is 0.223. The molecule has 1 heterocycles. The van der Waals surface area contributed by atoms with E-state index in [1.807, 2.05) is 6.92 Å². The van der Waals surface area contributed by atoms with Crippen LogP contribution in [-0.2, 0) is 4.74 Å². The fourth-order valence-corrected chi connectivity index (χ4v) is 2.66. The van der Waals surface area contributed by atoms with Gasteiger partial charge in [0.2, 0.25) is 0 Å². The van der Waals surface area contributed by atoms with Gasteiger partial charge in [-0.2, -0.15) is 0 Å². The van der Waals surface area contributed by atoms with Crippen LogP contribution in [0.5, 0.6) is 0 Å². The van der Waals surface area contributed by atoms with Gasteiger partial charge in [0, 0.05) is 12.5 Å². The molecule has 0 spiro atoms. The van der Waals surface area contributed by atoms with Crippen molar-refractivity contribution in [1.82, 2.24) is 0 Å². The lowest BCUT2D eigenvalue weighted by atomic mass is 10.00. The van der Waals surface area contributed by atoms with Crippen molar-refractivity contribution in [2.45, 2.75) is 32.0 Å². The fraction of sp³-hybridized carbons (Fsp3) is 0.800. The molecule has 0 amide bonds. The molecule has 0 aromatic carbocycles. The number of hydrogen-bond acceptors (Lipinski definition) is 1. The number of epoxide rings is 1. The summed E-state index contributed by atoms with van der Waals surface area (Å²) in [6, 6.07) is 0. The topological polar surface area (TPSA) is 35.4 Å². The molecule has 4 atom stereocenters. The smallest absolute Gasteiger partial charge is 0.173 e. The molecule has 2 N–H and O–H groups in total. The van der Waals surface area contributed by atoms with E-state index in [4.69, 9.17) is 9.84 Å². The van der Waals surface area contributed by atoms with Gasteiger partial charge < -0.3 is 9.84 Å². The van der Waals surface area contributed by atoms with Gasteiger partial charge in [0.05, 0.1) is 6.61 Å². The van der Waals surface area contributed by atoms with Crippen molar-refractivity contribution in [3.05, 3.63) is 11.1 Å². The molecule has 1 saturated heterocycles. The van der Waals surface area contributed by atoms with Gasteiger partial charge >= 0.3 is 0 Å². The molecular weight excluding hydrogens is 152 g/mol. The SMILES string of the molecule is CC([OH2+])C1=C(C2CO2)CC2CC12. The van der Waals surface area contributed by atoms with Gasteiger partial charge in [0.25, 0.3) is 0 Å². The first-order chi connectivity index (χ1) is 5.77. The molecule has 2 fully saturated rings. The highest BCUT2D eigenvalue weighted by molar-refractivity contribution is 5.37. The zero-order valence-corrected chi connectivity index (χ0v) is 7.34. The molecule has 0 aromatic rings. The molecule has 0 bridgehead atoms.